The number of halogens is 2. The van der Waals surface area contributed by atoms with E-state index in [0.29, 0.717) is 12.3 Å². The summed E-state index contributed by atoms with van der Waals surface area (Å²) >= 11 is 5.88. The van der Waals surface area contributed by atoms with Crippen molar-refractivity contribution in [3.8, 4) is 0 Å². The Morgan fingerprint density at radius 2 is 2.00 bits per heavy atom. The Morgan fingerprint density at radius 1 is 1.24 bits per heavy atom. The predicted octanol–water partition coefficient (Wildman–Crippen LogP) is 3.96. The fourth-order valence-electron chi connectivity index (χ4n) is 2.53. The van der Waals surface area contributed by atoms with Gasteiger partial charge in [0.2, 0.25) is 0 Å². The summed E-state index contributed by atoms with van der Waals surface area (Å²) in [7, 11) is 0. The minimum atomic E-state index is -0.236. The van der Waals surface area contributed by atoms with E-state index in [9.17, 15) is 4.39 Å². The van der Waals surface area contributed by atoms with E-state index in [4.69, 9.17) is 11.6 Å². The topological polar surface area (TPSA) is 30.7 Å². The van der Waals surface area contributed by atoms with Crippen LogP contribution in [0.15, 0.2) is 42.6 Å². The summed E-state index contributed by atoms with van der Waals surface area (Å²) in [5, 5.41) is 0. The van der Waals surface area contributed by atoms with Crippen molar-refractivity contribution < 1.29 is 4.39 Å². The molecule has 0 aliphatic rings. The Morgan fingerprint density at radius 3 is 2.71 bits per heavy atom. The van der Waals surface area contributed by atoms with E-state index >= 15 is 0 Å². The molecule has 0 N–H and O–H groups in total. The second-order valence-corrected chi connectivity index (χ2v) is 5.29. The number of hydrogen-bond acceptors (Lipinski definition) is 2. The van der Waals surface area contributed by atoms with E-state index in [1.165, 1.54) is 12.1 Å². The average molecular weight is 304 g/mol. The van der Waals surface area contributed by atoms with Crippen LogP contribution in [0.5, 0.6) is 0 Å². The van der Waals surface area contributed by atoms with E-state index in [1.54, 1.807) is 18.3 Å². The lowest BCUT2D eigenvalue weighted by Gasteiger charge is -2.17. The van der Waals surface area contributed by atoms with Crippen molar-refractivity contribution in [3.05, 3.63) is 59.8 Å². The van der Waals surface area contributed by atoms with Gasteiger partial charge in [0, 0.05) is 18.5 Å². The lowest BCUT2D eigenvalue weighted by atomic mass is 10.1. The molecule has 5 heteroatoms. The number of nitrogens with zero attached hydrogens (tertiary/aromatic N) is 3. The SMILES string of the molecule is CC(c1ccc(F)cc1)n1c(CCCl)nc2cccnc21. The largest absolute Gasteiger partial charge is 0.305 e. The molecule has 21 heavy (non-hydrogen) atoms. The number of aryl methyl sites for hydroxylation is 1. The van der Waals surface area contributed by atoms with Gasteiger partial charge in [-0.1, -0.05) is 12.1 Å². The summed E-state index contributed by atoms with van der Waals surface area (Å²) in [5.74, 6) is 1.16. The molecule has 0 aliphatic carbocycles. The fraction of sp³-hybridized carbons (Fsp3) is 0.250. The molecule has 3 rings (SSSR count). The van der Waals surface area contributed by atoms with Crippen LogP contribution in [0.25, 0.3) is 11.2 Å². The highest BCUT2D eigenvalue weighted by molar-refractivity contribution is 6.17. The summed E-state index contributed by atoms with van der Waals surface area (Å²) < 4.78 is 15.2. The third kappa shape index (κ3) is 2.63. The smallest absolute Gasteiger partial charge is 0.160 e. The van der Waals surface area contributed by atoms with E-state index in [2.05, 4.69) is 21.5 Å². The van der Waals surface area contributed by atoms with Crippen molar-refractivity contribution in [3.63, 3.8) is 0 Å². The molecule has 0 spiro atoms. The van der Waals surface area contributed by atoms with Gasteiger partial charge in [0.25, 0.3) is 0 Å². The Hall–Kier alpha value is -1.94. The maximum Gasteiger partial charge on any atom is 0.160 e. The number of aromatic nitrogens is 3. The Bertz CT molecular complexity index is 752. The predicted molar refractivity (Wildman–Crippen MR) is 82.2 cm³/mol. The standard InChI is InChI=1S/C16H15ClFN3/c1-11(12-4-6-13(18)7-5-12)21-15(8-9-17)20-14-3-2-10-19-16(14)21/h2-7,10-11H,8-9H2,1H3. The molecule has 1 unspecified atom stereocenters. The summed E-state index contributed by atoms with van der Waals surface area (Å²) in [5.41, 5.74) is 2.69. The number of alkyl halides is 1. The quantitative estimate of drug-likeness (QED) is 0.683. The van der Waals surface area contributed by atoms with Gasteiger partial charge in [-0.3, -0.25) is 0 Å². The fourth-order valence-corrected chi connectivity index (χ4v) is 2.70. The highest BCUT2D eigenvalue weighted by Gasteiger charge is 2.17. The van der Waals surface area contributed by atoms with Gasteiger partial charge in [-0.25, -0.2) is 14.4 Å². The molecular weight excluding hydrogens is 289 g/mol. The molecule has 0 saturated heterocycles. The first-order valence-corrected chi connectivity index (χ1v) is 7.37. The molecule has 108 valence electrons. The van der Waals surface area contributed by atoms with Crippen LogP contribution in [-0.4, -0.2) is 20.4 Å². The third-order valence-electron chi connectivity index (χ3n) is 3.58. The van der Waals surface area contributed by atoms with Crippen molar-refractivity contribution in [2.45, 2.75) is 19.4 Å². The van der Waals surface area contributed by atoms with Crippen LogP contribution >= 0.6 is 11.6 Å². The molecule has 1 aromatic carbocycles. The van der Waals surface area contributed by atoms with E-state index < -0.39 is 0 Å². The summed E-state index contributed by atoms with van der Waals surface area (Å²) in [6, 6.07) is 10.3. The minimum Gasteiger partial charge on any atom is -0.305 e. The zero-order valence-corrected chi connectivity index (χ0v) is 12.4. The maximum absolute atomic E-state index is 13.1. The third-order valence-corrected chi connectivity index (χ3v) is 3.77. The Kier molecular flexibility index (Phi) is 3.88. The van der Waals surface area contributed by atoms with Gasteiger partial charge in [0.15, 0.2) is 5.65 Å². The van der Waals surface area contributed by atoms with Crippen molar-refractivity contribution in [2.24, 2.45) is 0 Å². The van der Waals surface area contributed by atoms with Crippen LogP contribution in [0.3, 0.4) is 0 Å². The first kappa shape index (κ1) is 14.0. The number of benzene rings is 1. The molecule has 1 atom stereocenters. The minimum absolute atomic E-state index is 0.0173. The summed E-state index contributed by atoms with van der Waals surface area (Å²) in [6.45, 7) is 2.06. The van der Waals surface area contributed by atoms with Crippen molar-refractivity contribution in [1.29, 1.82) is 0 Å². The Balaban J connectivity index is 2.13. The first-order chi connectivity index (χ1) is 10.2. The molecule has 0 bridgehead atoms. The van der Waals surface area contributed by atoms with Gasteiger partial charge < -0.3 is 4.57 Å². The molecule has 0 fully saturated rings. The molecule has 2 heterocycles. The number of rotatable bonds is 4. The summed E-state index contributed by atoms with van der Waals surface area (Å²) in [6.07, 6.45) is 2.42. The summed E-state index contributed by atoms with van der Waals surface area (Å²) in [4.78, 5) is 9.04. The highest BCUT2D eigenvalue weighted by Crippen LogP contribution is 2.25. The molecule has 0 saturated carbocycles. The number of pyridine rings is 1. The normalized spacial score (nSPS) is 12.7. The number of hydrogen-bond donors (Lipinski definition) is 0. The van der Waals surface area contributed by atoms with Gasteiger partial charge in [-0.15, -0.1) is 11.6 Å². The zero-order chi connectivity index (χ0) is 14.8. The van der Waals surface area contributed by atoms with Crippen LogP contribution in [0.1, 0.15) is 24.4 Å². The second kappa shape index (κ2) is 5.82. The number of fused-ring (bicyclic) bond motifs is 1. The van der Waals surface area contributed by atoms with Crippen LogP contribution < -0.4 is 0 Å². The number of imidazole rings is 1. The monoisotopic (exact) mass is 303 g/mol. The molecule has 0 radical (unpaired) electrons. The van der Waals surface area contributed by atoms with Crippen LogP contribution in [-0.2, 0) is 6.42 Å². The molecule has 2 aromatic heterocycles. The van der Waals surface area contributed by atoms with Gasteiger partial charge in [-0.05, 0) is 36.8 Å². The molecule has 3 nitrogen and oxygen atoms in total. The highest BCUT2D eigenvalue weighted by atomic mass is 35.5. The lowest BCUT2D eigenvalue weighted by molar-refractivity contribution is 0.607. The maximum atomic E-state index is 13.1. The van der Waals surface area contributed by atoms with Crippen molar-refractivity contribution >= 4 is 22.8 Å². The Labute approximate surface area is 127 Å². The van der Waals surface area contributed by atoms with Crippen molar-refractivity contribution in [2.75, 3.05) is 5.88 Å². The van der Waals surface area contributed by atoms with Crippen LogP contribution in [0.4, 0.5) is 4.39 Å². The molecule has 0 aliphatic heterocycles. The van der Waals surface area contributed by atoms with Gasteiger partial charge in [0.05, 0.1) is 6.04 Å². The van der Waals surface area contributed by atoms with E-state index in [1.807, 2.05) is 12.1 Å². The second-order valence-electron chi connectivity index (χ2n) is 4.91. The van der Waals surface area contributed by atoms with E-state index in [-0.39, 0.29) is 11.9 Å². The van der Waals surface area contributed by atoms with E-state index in [0.717, 1.165) is 22.6 Å². The average Bonchev–Trinajstić information content (AvgIpc) is 2.85. The molecular formula is C16H15ClFN3. The van der Waals surface area contributed by atoms with Crippen molar-refractivity contribution in [1.82, 2.24) is 14.5 Å². The zero-order valence-electron chi connectivity index (χ0n) is 11.6. The van der Waals surface area contributed by atoms with Gasteiger partial charge >= 0.3 is 0 Å². The lowest BCUT2D eigenvalue weighted by Crippen LogP contribution is -2.12. The molecule has 0 amide bonds. The molecule has 3 aromatic rings. The van der Waals surface area contributed by atoms with Gasteiger partial charge in [0.1, 0.15) is 17.2 Å². The van der Waals surface area contributed by atoms with Crippen LogP contribution in [0.2, 0.25) is 0 Å². The van der Waals surface area contributed by atoms with Gasteiger partial charge in [-0.2, -0.15) is 0 Å². The van der Waals surface area contributed by atoms with Crippen LogP contribution in [0, 0.1) is 5.82 Å². The first-order valence-electron chi connectivity index (χ1n) is 6.84.